The van der Waals surface area contributed by atoms with Crippen LogP contribution in [0.15, 0.2) is 42.6 Å². The molecule has 1 aliphatic rings. The van der Waals surface area contributed by atoms with Crippen molar-refractivity contribution in [2.24, 2.45) is 0 Å². The fourth-order valence-corrected chi connectivity index (χ4v) is 3.06. The van der Waals surface area contributed by atoms with Gasteiger partial charge in [-0.3, -0.25) is 0 Å². The molecule has 18 heavy (non-hydrogen) atoms. The number of benzene rings is 1. The van der Waals surface area contributed by atoms with E-state index in [4.69, 9.17) is 0 Å². The van der Waals surface area contributed by atoms with E-state index in [-0.39, 0.29) is 0 Å². The molecule has 0 saturated carbocycles. The Kier molecular flexibility index (Phi) is 1.90. The van der Waals surface area contributed by atoms with E-state index in [1.54, 1.807) is 0 Å². The molecule has 2 nitrogen and oxygen atoms in total. The molecule has 2 heteroatoms. The Morgan fingerprint density at radius 2 is 2.11 bits per heavy atom. The molecule has 0 saturated heterocycles. The summed E-state index contributed by atoms with van der Waals surface area (Å²) < 4.78 is 2.35. The van der Waals surface area contributed by atoms with Crippen LogP contribution in [0.5, 0.6) is 0 Å². The van der Waals surface area contributed by atoms with Gasteiger partial charge in [-0.25, -0.2) is 4.98 Å². The third-order valence-electron chi connectivity index (χ3n) is 3.88. The molecule has 1 aliphatic heterocycles. The number of pyridine rings is 1. The van der Waals surface area contributed by atoms with Crippen LogP contribution in [-0.2, 0) is 13.0 Å². The van der Waals surface area contributed by atoms with E-state index in [0.29, 0.717) is 0 Å². The fourth-order valence-electron chi connectivity index (χ4n) is 3.06. The lowest BCUT2D eigenvalue weighted by atomic mass is 9.94. The quantitative estimate of drug-likeness (QED) is 0.581. The molecule has 0 amide bonds. The lowest BCUT2D eigenvalue weighted by Crippen LogP contribution is -2.11. The Labute approximate surface area is 106 Å². The van der Waals surface area contributed by atoms with Gasteiger partial charge in [0.1, 0.15) is 5.65 Å². The van der Waals surface area contributed by atoms with Crippen LogP contribution in [0.4, 0.5) is 0 Å². The lowest BCUT2D eigenvalue weighted by Gasteiger charge is -2.21. The van der Waals surface area contributed by atoms with Gasteiger partial charge in [0, 0.05) is 23.7 Å². The molecule has 0 fully saturated rings. The van der Waals surface area contributed by atoms with Crippen LogP contribution in [0.3, 0.4) is 0 Å². The average Bonchev–Trinajstić information content (AvgIpc) is 2.77. The lowest BCUT2D eigenvalue weighted by molar-refractivity contribution is 0.702. The highest BCUT2D eigenvalue weighted by Gasteiger charge is 2.20. The molecule has 0 unspecified atom stereocenters. The van der Waals surface area contributed by atoms with Crippen molar-refractivity contribution in [3.63, 3.8) is 0 Å². The van der Waals surface area contributed by atoms with Crippen molar-refractivity contribution in [2.75, 3.05) is 0 Å². The molecular formula is C16H14N2. The second kappa shape index (κ2) is 3.45. The van der Waals surface area contributed by atoms with Crippen molar-refractivity contribution in [1.29, 1.82) is 0 Å². The number of hydrogen-bond acceptors (Lipinski definition) is 1. The second-order valence-corrected chi connectivity index (χ2v) is 4.96. The van der Waals surface area contributed by atoms with Gasteiger partial charge in [0.15, 0.2) is 0 Å². The third-order valence-corrected chi connectivity index (χ3v) is 3.88. The standard InChI is InChI=1S/C16H14N2/c1-11-4-2-5-12-7-9-18-14(15(11)12)10-13-6-3-8-17-16(13)18/h2-6,8,10H,7,9H2,1H3. The first-order chi connectivity index (χ1) is 8.84. The summed E-state index contributed by atoms with van der Waals surface area (Å²) in [7, 11) is 0. The summed E-state index contributed by atoms with van der Waals surface area (Å²) >= 11 is 0. The van der Waals surface area contributed by atoms with E-state index in [1.807, 2.05) is 12.3 Å². The topological polar surface area (TPSA) is 17.8 Å². The highest BCUT2D eigenvalue weighted by molar-refractivity contribution is 5.86. The average molecular weight is 234 g/mol. The number of nitrogens with zero attached hydrogens (tertiary/aromatic N) is 2. The first-order valence-electron chi connectivity index (χ1n) is 6.38. The number of aromatic nitrogens is 2. The van der Waals surface area contributed by atoms with Crippen LogP contribution >= 0.6 is 0 Å². The summed E-state index contributed by atoms with van der Waals surface area (Å²) in [6.07, 6.45) is 2.98. The van der Waals surface area contributed by atoms with Gasteiger partial charge in [0.2, 0.25) is 0 Å². The van der Waals surface area contributed by atoms with Crippen molar-refractivity contribution in [3.8, 4) is 11.3 Å². The van der Waals surface area contributed by atoms with Gasteiger partial charge in [0.05, 0.1) is 5.69 Å². The number of aryl methyl sites for hydroxylation is 3. The van der Waals surface area contributed by atoms with Gasteiger partial charge in [-0.2, -0.15) is 0 Å². The molecule has 0 spiro atoms. The van der Waals surface area contributed by atoms with Crippen molar-refractivity contribution >= 4 is 11.0 Å². The van der Waals surface area contributed by atoms with E-state index in [1.165, 1.54) is 27.8 Å². The van der Waals surface area contributed by atoms with Crippen molar-refractivity contribution < 1.29 is 0 Å². The molecule has 0 radical (unpaired) electrons. The first-order valence-corrected chi connectivity index (χ1v) is 6.38. The molecule has 2 aromatic heterocycles. The molecule has 3 aromatic rings. The normalized spacial score (nSPS) is 13.4. The molecule has 0 aliphatic carbocycles. The predicted octanol–water partition coefficient (Wildman–Crippen LogP) is 3.57. The number of rotatable bonds is 0. The van der Waals surface area contributed by atoms with Crippen LogP contribution in [0.1, 0.15) is 11.1 Å². The minimum absolute atomic E-state index is 1.03. The van der Waals surface area contributed by atoms with Crippen LogP contribution < -0.4 is 0 Å². The predicted molar refractivity (Wildman–Crippen MR) is 73.6 cm³/mol. The highest BCUT2D eigenvalue weighted by Crippen LogP contribution is 2.35. The van der Waals surface area contributed by atoms with Crippen LogP contribution in [0, 0.1) is 6.92 Å². The zero-order chi connectivity index (χ0) is 12.1. The van der Waals surface area contributed by atoms with Crippen LogP contribution in [-0.4, -0.2) is 9.55 Å². The van der Waals surface area contributed by atoms with Crippen molar-refractivity contribution in [2.45, 2.75) is 19.9 Å². The summed E-state index contributed by atoms with van der Waals surface area (Å²) in [5.41, 5.74) is 6.66. The van der Waals surface area contributed by atoms with E-state index in [0.717, 1.165) is 18.6 Å². The fraction of sp³-hybridized carbons (Fsp3) is 0.188. The van der Waals surface area contributed by atoms with E-state index in [9.17, 15) is 0 Å². The van der Waals surface area contributed by atoms with Gasteiger partial charge >= 0.3 is 0 Å². The zero-order valence-corrected chi connectivity index (χ0v) is 10.4. The second-order valence-electron chi connectivity index (χ2n) is 4.96. The molecular weight excluding hydrogens is 220 g/mol. The van der Waals surface area contributed by atoms with Gasteiger partial charge in [-0.15, -0.1) is 0 Å². The maximum Gasteiger partial charge on any atom is 0.140 e. The molecule has 3 heterocycles. The smallest absolute Gasteiger partial charge is 0.140 e. The number of hydrogen-bond donors (Lipinski definition) is 0. The van der Waals surface area contributed by atoms with Gasteiger partial charge in [-0.1, -0.05) is 18.2 Å². The molecule has 0 atom stereocenters. The third kappa shape index (κ3) is 1.20. The highest BCUT2D eigenvalue weighted by atomic mass is 15.0. The van der Waals surface area contributed by atoms with Gasteiger partial charge < -0.3 is 4.57 Å². The Morgan fingerprint density at radius 1 is 1.17 bits per heavy atom. The minimum atomic E-state index is 1.03. The maximum atomic E-state index is 4.52. The summed E-state index contributed by atoms with van der Waals surface area (Å²) in [6.45, 7) is 3.23. The Hall–Kier alpha value is -2.09. The largest absolute Gasteiger partial charge is 0.325 e. The van der Waals surface area contributed by atoms with Gasteiger partial charge in [-0.05, 0) is 42.7 Å². The number of fused-ring (bicyclic) bond motifs is 5. The molecule has 0 N–H and O–H groups in total. The Morgan fingerprint density at radius 3 is 3.06 bits per heavy atom. The first kappa shape index (κ1) is 9.89. The summed E-state index contributed by atoms with van der Waals surface area (Å²) in [5, 5.41) is 1.24. The molecule has 4 rings (SSSR count). The van der Waals surface area contributed by atoms with Crippen molar-refractivity contribution in [3.05, 3.63) is 53.7 Å². The van der Waals surface area contributed by atoms with Crippen molar-refractivity contribution in [1.82, 2.24) is 9.55 Å². The zero-order valence-electron chi connectivity index (χ0n) is 10.4. The molecule has 0 bridgehead atoms. The van der Waals surface area contributed by atoms with Crippen LogP contribution in [0.25, 0.3) is 22.3 Å². The minimum Gasteiger partial charge on any atom is -0.325 e. The summed E-state index contributed by atoms with van der Waals surface area (Å²) in [6, 6.07) is 13.0. The monoisotopic (exact) mass is 234 g/mol. The van der Waals surface area contributed by atoms with E-state index < -0.39 is 0 Å². The molecule has 1 aromatic carbocycles. The Balaban J connectivity index is 2.12. The van der Waals surface area contributed by atoms with Crippen LogP contribution in [0.2, 0.25) is 0 Å². The van der Waals surface area contributed by atoms with E-state index in [2.05, 4.69) is 46.8 Å². The summed E-state index contributed by atoms with van der Waals surface area (Å²) in [5.74, 6) is 0. The summed E-state index contributed by atoms with van der Waals surface area (Å²) in [4.78, 5) is 4.52. The van der Waals surface area contributed by atoms with Gasteiger partial charge in [0.25, 0.3) is 0 Å². The molecule has 88 valence electrons. The SMILES string of the molecule is Cc1cccc2c1-c1cc3cccnc3n1CC2. The maximum absolute atomic E-state index is 4.52. The Bertz CT molecular complexity index is 753. The van der Waals surface area contributed by atoms with E-state index >= 15 is 0 Å².